The fourth-order valence-electron chi connectivity index (χ4n) is 0.855. The summed E-state index contributed by atoms with van der Waals surface area (Å²) in [5.74, 6) is 0.139. The fourth-order valence-corrected chi connectivity index (χ4v) is 0.855. The molecule has 1 heterocycles. The third-order valence-corrected chi connectivity index (χ3v) is 1.44. The van der Waals surface area contributed by atoms with Gasteiger partial charge in [-0.1, -0.05) is 0 Å². The van der Waals surface area contributed by atoms with Crippen LogP contribution < -0.4 is 10.1 Å². The first kappa shape index (κ1) is 10.6. The molecule has 0 saturated heterocycles. The van der Waals surface area contributed by atoms with Gasteiger partial charge in [-0.25, -0.2) is 0 Å². The van der Waals surface area contributed by atoms with Crippen molar-refractivity contribution in [2.75, 3.05) is 19.0 Å². The number of pyridine rings is 1. The lowest BCUT2D eigenvalue weighted by molar-refractivity contribution is -0.153. The van der Waals surface area contributed by atoms with Crippen LogP contribution in [-0.2, 0) is 0 Å². The van der Waals surface area contributed by atoms with Gasteiger partial charge in [-0.2, -0.15) is 13.2 Å². The van der Waals surface area contributed by atoms with Crippen LogP contribution in [0.1, 0.15) is 0 Å². The van der Waals surface area contributed by atoms with Crippen LogP contribution in [0.25, 0.3) is 0 Å². The summed E-state index contributed by atoms with van der Waals surface area (Å²) in [5, 5.41) is 2.68. The molecule has 0 amide bonds. The van der Waals surface area contributed by atoms with E-state index in [1.165, 1.54) is 18.5 Å². The molecule has 14 heavy (non-hydrogen) atoms. The summed E-state index contributed by atoms with van der Waals surface area (Å²) in [6.45, 7) is -1.30. The SMILES string of the molecule is CNc1cnccc1OCC(F)(F)F. The highest BCUT2D eigenvalue weighted by Gasteiger charge is 2.28. The Hall–Kier alpha value is -1.46. The molecule has 0 radical (unpaired) electrons. The van der Waals surface area contributed by atoms with Crippen LogP contribution in [0.3, 0.4) is 0 Å². The first-order valence-electron chi connectivity index (χ1n) is 3.84. The highest BCUT2D eigenvalue weighted by atomic mass is 19.4. The molecule has 0 fully saturated rings. The first-order valence-corrected chi connectivity index (χ1v) is 3.84. The predicted octanol–water partition coefficient (Wildman–Crippen LogP) is 2.06. The van der Waals surface area contributed by atoms with E-state index in [1.54, 1.807) is 7.05 Å². The van der Waals surface area contributed by atoms with E-state index in [4.69, 9.17) is 0 Å². The number of rotatable bonds is 3. The Morgan fingerprint density at radius 1 is 1.50 bits per heavy atom. The second kappa shape index (κ2) is 4.17. The van der Waals surface area contributed by atoms with Gasteiger partial charge in [0.15, 0.2) is 6.61 Å². The molecule has 1 N–H and O–H groups in total. The monoisotopic (exact) mass is 206 g/mol. The van der Waals surface area contributed by atoms with Crippen molar-refractivity contribution in [2.45, 2.75) is 6.18 Å². The molecule has 3 nitrogen and oxygen atoms in total. The third kappa shape index (κ3) is 3.12. The van der Waals surface area contributed by atoms with Gasteiger partial charge >= 0.3 is 6.18 Å². The second-order valence-electron chi connectivity index (χ2n) is 2.53. The molecular weight excluding hydrogens is 197 g/mol. The first-order chi connectivity index (χ1) is 6.53. The fraction of sp³-hybridized carbons (Fsp3) is 0.375. The van der Waals surface area contributed by atoms with Crippen LogP contribution >= 0.6 is 0 Å². The van der Waals surface area contributed by atoms with E-state index in [0.717, 1.165) is 0 Å². The van der Waals surface area contributed by atoms with E-state index in [2.05, 4.69) is 15.0 Å². The molecule has 0 unspecified atom stereocenters. The van der Waals surface area contributed by atoms with E-state index >= 15 is 0 Å². The number of anilines is 1. The number of aromatic nitrogens is 1. The molecule has 1 aromatic rings. The van der Waals surface area contributed by atoms with E-state index in [9.17, 15) is 13.2 Å². The molecule has 78 valence electrons. The number of hydrogen-bond donors (Lipinski definition) is 1. The summed E-state index contributed by atoms with van der Waals surface area (Å²) in [4.78, 5) is 3.74. The lowest BCUT2D eigenvalue weighted by Crippen LogP contribution is -2.19. The van der Waals surface area contributed by atoms with Gasteiger partial charge in [-0.3, -0.25) is 4.98 Å². The summed E-state index contributed by atoms with van der Waals surface area (Å²) < 4.78 is 40.0. The van der Waals surface area contributed by atoms with Gasteiger partial charge in [0.1, 0.15) is 5.75 Å². The highest BCUT2D eigenvalue weighted by Crippen LogP contribution is 2.24. The minimum absolute atomic E-state index is 0.139. The lowest BCUT2D eigenvalue weighted by Gasteiger charge is -2.11. The minimum Gasteiger partial charge on any atom is -0.482 e. The number of ether oxygens (including phenoxy) is 1. The molecular formula is C8H9F3N2O. The molecule has 0 aromatic carbocycles. The Bertz CT molecular complexity index is 301. The third-order valence-electron chi connectivity index (χ3n) is 1.44. The molecule has 0 aliphatic carbocycles. The molecule has 0 aliphatic heterocycles. The van der Waals surface area contributed by atoms with Gasteiger partial charge < -0.3 is 10.1 Å². The predicted molar refractivity (Wildman–Crippen MR) is 45.3 cm³/mol. The van der Waals surface area contributed by atoms with Crippen LogP contribution in [0.4, 0.5) is 18.9 Å². The Labute approximate surface area is 78.9 Å². The maximum atomic E-state index is 11.8. The average Bonchev–Trinajstić information content (AvgIpc) is 2.14. The van der Waals surface area contributed by atoms with E-state index in [1.807, 2.05) is 0 Å². The minimum atomic E-state index is -4.33. The van der Waals surface area contributed by atoms with Crippen molar-refractivity contribution in [1.29, 1.82) is 0 Å². The molecule has 0 bridgehead atoms. The van der Waals surface area contributed by atoms with Gasteiger partial charge in [-0.15, -0.1) is 0 Å². The summed E-state index contributed by atoms with van der Waals surface area (Å²) in [7, 11) is 1.58. The number of hydrogen-bond acceptors (Lipinski definition) is 3. The maximum absolute atomic E-state index is 11.8. The van der Waals surface area contributed by atoms with Crippen molar-refractivity contribution < 1.29 is 17.9 Å². The van der Waals surface area contributed by atoms with Crippen LogP contribution in [-0.4, -0.2) is 24.8 Å². The average molecular weight is 206 g/mol. The highest BCUT2D eigenvalue weighted by molar-refractivity contribution is 5.53. The van der Waals surface area contributed by atoms with Gasteiger partial charge in [0.05, 0.1) is 11.9 Å². The van der Waals surface area contributed by atoms with Crippen molar-refractivity contribution in [1.82, 2.24) is 4.98 Å². The van der Waals surface area contributed by atoms with Crippen LogP contribution in [0.2, 0.25) is 0 Å². The van der Waals surface area contributed by atoms with Gasteiger partial charge in [0.25, 0.3) is 0 Å². The summed E-state index contributed by atoms with van der Waals surface area (Å²) in [6.07, 6.45) is -1.56. The molecule has 1 aromatic heterocycles. The largest absolute Gasteiger partial charge is 0.482 e. The smallest absolute Gasteiger partial charge is 0.422 e. The standard InChI is InChI=1S/C8H9F3N2O/c1-12-6-4-13-3-2-7(6)14-5-8(9,10)11/h2-4,12H,5H2,1H3. The molecule has 6 heteroatoms. The molecule has 0 spiro atoms. The maximum Gasteiger partial charge on any atom is 0.422 e. The Kier molecular flexibility index (Phi) is 3.16. The van der Waals surface area contributed by atoms with Gasteiger partial charge in [0, 0.05) is 19.3 Å². The number of nitrogens with zero attached hydrogens (tertiary/aromatic N) is 1. The molecule has 1 rings (SSSR count). The van der Waals surface area contributed by atoms with E-state index in [-0.39, 0.29) is 5.75 Å². The zero-order chi connectivity index (χ0) is 10.6. The second-order valence-corrected chi connectivity index (χ2v) is 2.53. The van der Waals surface area contributed by atoms with Crippen LogP contribution in [0.15, 0.2) is 18.5 Å². The number of alkyl halides is 3. The number of nitrogens with one attached hydrogen (secondary N) is 1. The van der Waals surface area contributed by atoms with Crippen molar-refractivity contribution in [2.24, 2.45) is 0 Å². The van der Waals surface area contributed by atoms with Crippen LogP contribution in [0.5, 0.6) is 5.75 Å². The van der Waals surface area contributed by atoms with Crippen molar-refractivity contribution in [3.63, 3.8) is 0 Å². The van der Waals surface area contributed by atoms with Crippen molar-refractivity contribution in [3.05, 3.63) is 18.5 Å². The Morgan fingerprint density at radius 2 is 2.21 bits per heavy atom. The normalized spacial score (nSPS) is 11.1. The van der Waals surface area contributed by atoms with Crippen molar-refractivity contribution in [3.8, 4) is 5.75 Å². The van der Waals surface area contributed by atoms with Gasteiger partial charge in [-0.05, 0) is 0 Å². The lowest BCUT2D eigenvalue weighted by atomic mass is 10.4. The van der Waals surface area contributed by atoms with E-state index in [0.29, 0.717) is 5.69 Å². The van der Waals surface area contributed by atoms with Crippen LogP contribution in [0, 0.1) is 0 Å². The summed E-state index contributed by atoms with van der Waals surface area (Å²) in [6, 6.07) is 1.37. The molecule has 0 aliphatic rings. The zero-order valence-corrected chi connectivity index (χ0v) is 7.43. The molecule has 0 saturated carbocycles. The van der Waals surface area contributed by atoms with Crippen molar-refractivity contribution >= 4 is 5.69 Å². The zero-order valence-electron chi connectivity index (χ0n) is 7.43. The Morgan fingerprint density at radius 3 is 2.79 bits per heavy atom. The molecule has 0 atom stereocenters. The summed E-state index contributed by atoms with van der Waals surface area (Å²) >= 11 is 0. The Balaban J connectivity index is 2.67. The topological polar surface area (TPSA) is 34.2 Å². The summed E-state index contributed by atoms with van der Waals surface area (Å²) in [5.41, 5.74) is 0.428. The van der Waals surface area contributed by atoms with E-state index < -0.39 is 12.8 Å². The quantitative estimate of drug-likeness (QED) is 0.821. The number of halogens is 3. The van der Waals surface area contributed by atoms with Gasteiger partial charge in [0.2, 0.25) is 0 Å².